The van der Waals surface area contributed by atoms with Crippen LogP contribution in [0.25, 0.3) is 0 Å². The van der Waals surface area contributed by atoms with Gasteiger partial charge in [0.2, 0.25) is 0 Å². The van der Waals surface area contributed by atoms with Gasteiger partial charge in [0.15, 0.2) is 0 Å². The quantitative estimate of drug-likeness (QED) is 0.449. The molecule has 0 aliphatic heterocycles. The molecule has 1 rings (SSSR count). The molecule has 0 heterocycles. The molecule has 0 saturated carbocycles. The Morgan fingerprint density at radius 3 is 2.00 bits per heavy atom. The minimum absolute atomic E-state index is 0.645. The summed E-state index contributed by atoms with van der Waals surface area (Å²) < 4.78 is 58.0. The van der Waals surface area contributed by atoms with Gasteiger partial charge in [-0.3, -0.25) is 0 Å². The second-order valence-corrected chi connectivity index (χ2v) is 7.17. The summed E-state index contributed by atoms with van der Waals surface area (Å²) in [7, 11) is -4.59. The molecule has 3 N–H and O–H groups in total. The van der Waals surface area contributed by atoms with Gasteiger partial charge in [-0.05, 0) is 0 Å². The topological polar surface area (TPSA) is 112 Å². The fourth-order valence-electron chi connectivity index (χ4n) is 0.916. The first-order chi connectivity index (χ1) is 6.23. The average molecular weight is 282 g/mol. The van der Waals surface area contributed by atoms with Crippen LogP contribution in [0.1, 0.15) is 0 Å². The summed E-state index contributed by atoms with van der Waals surface area (Å²) in [6.07, 6.45) is 0. The summed E-state index contributed by atoms with van der Waals surface area (Å²) in [5.74, 6) is 0. The van der Waals surface area contributed by atoms with Crippen LogP contribution in [0.15, 0.2) is 29.2 Å². The molecule has 0 aromatic heterocycles. The van der Waals surface area contributed by atoms with Crippen LogP contribution in [0.5, 0.6) is 0 Å². The molecule has 0 fully saturated rings. The molecule has 6 nitrogen and oxygen atoms in total. The van der Waals surface area contributed by atoms with Gasteiger partial charge in [0.05, 0.1) is 0 Å². The predicted octanol–water partition coefficient (Wildman–Crippen LogP) is -1.51. The molecule has 0 bridgehead atoms. The van der Waals surface area contributed by atoms with E-state index in [1.807, 2.05) is 0 Å². The van der Waals surface area contributed by atoms with Gasteiger partial charge in [-0.15, -0.1) is 0 Å². The van der Waals surface area contributed by atoms with Crippen LogP contribution in [-0.2, 0) is 13.9 Å². The zero-order chi connectivity index (χ0) is 11.0. The number of hydrogen-bond acceptors (Lipinski definition) is 3. The second-order valence-electron chi connectivity index (χ2n) is 2.49. The van der Waals surface area contributed by atoms with Crippen LogP contribution in [0.2, 0.25) is 0 Å². The molecule has 8 heteroatoms. The first kappa shape index (κ1) is 11.5. The van der Waals surface area contributed by atoms with E-state index < -0.39 is 33.5 Å². The summed E-state index contributed by atoms with van der Waals surface area (Å²) in [4.78, 5) is -0.743. The van der Waals surface area contributed by atoms with E-state index in [4.69, 9.17) is 12.7 Å². The van der Waals surface area contributed by atoms with E-state index >= 15 is 0 Å². The second kappa shape index (κ2) is 3.52. The van der Waals surface area contributed by atoms with Crippen LogP contribution in [0.4, 0.5) is 0 Å². The standard InChI is InChI=1S/C6H7AsO6S/c8-7(9,10)5-3-1-2-4-6(5)14(11,12)13/h1-4H,(H2,8,9,10)(H,11,12,13). The third kappa shape index (κ3) is 2.46. The fourth-order valence-corrected chi connectivity index (χ4v) is 4.19. The predicted molar refractivity (Wildman–Crippen MR) is 46.8 cm³/mol. The third-order valence-electron chi connectivity index (χ3n) is 1.46. The van der Waals surface area contributed by atoms with Crippen molar-refractivity contribution >= 4 is 28.6 Å². The first-order valence-electron chi connectivity index (χ1n) is 3.35. The molecular formula is C6H7AsO6S. The SMILES string of the molecule is O=S(=O)(O)c1ccccc1[As](=O)(O)O. The molecule has 0 unspecified atom stereocenters. The van der Waals surface area contributed by atoms with E-state index in [2.05, 4.69) is 0 Å². The Morgan fingerprint density at radius 1 is 1.14 bits per heavy atom. The molecule has 0 aliphatic rings. The van der Waals surface area contributed by atoms with Gasteiger partial charge in [-0.2, -0.15) is 0 Å². The van der Waals surface area contributed by atoms with Crippen molar-refractivity contribution in [3.05, 3.63) is 24.3 Å². The van der Waals surface area contributed by atoms with Gasteiger partial charge in [-0.1, -0.05) is 0 Å². The molecule has 1 aromatic rings. The molecular weight excluding hydrogens is 275 g/mol. The van der Waals surface area contributed by atoms with E-state index in [1.165, 1.54) is 12.1 Å². The molecule has 1 aromatic carbocycles. The molecule has 0 radical (unpaired) electrons. The van der Waals surface area contributed by atoms with Gasteiger partial charge >= 0.3 is 82.7 Å². The van der Waals surface area contributed by atoms with Gasteiger partial charge in [0.25, 0.3) is 0 Å². The summed E-state index contributed by atoms with van der Waals surface area (Å²) >= 11 is -5.32. The van der Waals surface area contributed by atoms with E-state index in [0.717, 1.165) is 12.1 Å². The van der Waals surface area contributed by atoms with Crippen molar-refractivity contribution in [3.8, 4) is 0 Å². The molecule has 0 saturated heterocycles. The fraction of sp³-hybridized carbons (Fsp3) is 0. The summed E-state index contributed by atoms with van der Waals surface area (Å²) in [6, 6.07) is 4.46. The summed E-state index contributed by atoms with van der Waals surface area (Å²) in [6.45, 7) is 0. The molecule has 0 aliphatic carbocycles. The average Bonchev–Trinajstić information content (AvgIpc) is 2.01. The van der Waals surface area contributed by atoms with Crippen LogP contribution in [-0.4, -0.2) is 35.3 Å². The van der Waals surface area contributed by atoms with Crippen molar-refractivity contribution in [2.75, 3.05) is 0 Å². The Kier molecular flexibility index (Phi) is 2.89. The Hall–Kier alpha value is -0.592. The Labute approximate surface area is 82.9 Å². The molecule has 14 heavy (non-hydrogen) atoms. The van der Waals surface area contributed by atoms with Gasteiger partial charge in [0.1, 0.15) is 0 Å². The first-order valence-corrected chi connectivity index (χ1v) is 8.18. The van der Waals surface area contributed by atoms with E-state index in [-0.39, 0.29) is 0 Å². The van der Waals surface area contributed by atoms with E-state index in [9.17, 15) is 12.2 Å². The molecule has 0 spiro atoms. The third-order valence-corrected chi connectivity index (χ3v) is 4.83. The summed E-state index contributed by atoms with van der Waals surface area (Å²) in [5, 5.41) is 0. The van der Waals surface area contributed by atoms with Crippen LogP contribution in [0, 0.1) is 0 Å². The van der Waals surface area contributed by atoms with Crippen molar-refractivity contribution < 1.29 is 24.9 Å². The zero-order valence-corrected chi connectivity index (χ0v) is 9.42. The van der Waals surface area contributed by atoms with E-state index in [0.29, 0.717) is 0 Å². The van der Waals surface area contributed by atoms with E-state index in [1.54, 1.807) is 0 Å². The molecule has 78 valence electrons. The monoisotopic (exact) mass is 282 g/mol. The number of benzene rings is 1. The van der Waals surface area contributed by atoms with Gasteiger partial charge in [0, 0.05) is 0 Å². The Balaban J connectivity index is 3.55. The van der Waals surface area contributed by atoms with Crippen molar-refractivity contribution in [2.45, 2.75) is 4.90 Å². The number of rotatable bonds is 2. The number of hydrogen-bond donors (Lipinski definition) is 3. The van der Waals surface area contributed by atoms with Crippen LogP contribution < -0.4 is 4.35 Å². The maximum atomic E-state index is 10.9. The molecule has 0 amide bonds. The summed E-state index contributed by atoms with van der Waals surface area (Å²) in [5.41, 5.74) is 0. The zero-order valence-electron chi connectivity index (χ0n) is 6.73. The van der Waals surface area contributed by atoms with Crippen molar-refractivity contribution in [2.24, 2.45) is 0 Å². The van der Waals surface area contributed by atoms with Gasteiger partial charge < -0.3 is 0 Å². The van der Waals surface area contributed by atoms with Gasteiger partial charge in [-0.25, -0.2) is 0 Å². The maximum absolute atomic E-state index is 10.9. The normalized spacial score (nSPS) is 12.8. The Bertz CT molecular complexity index is 487. The van der Waals surface area contributed by atoms with Crippen molar-refractivity contribution in [3.63, 3.8) is 0 Å². The Morgan fingerprint density at radius 2 is 1.64 bits per heavy atom. The van der Waals surface area contributed by atoms with Crippen LogP contribution in [0.3, 0.4) is 0 Å². The van der Waals surface area contributed by atoms with Crippen molar-refractivity contribution in [1.82, 2.24) is 0 Å². The molecule has 0 atom stereocenters. The van der Waals surface area contributed by atoms with Crippen LogP contribution >= 0.6 is 0 Å². The van der Waals surface area contributed by atoms with Crippen molar-refractivity contribution in [1.29, 1.82) is 0 Å². The minimum atomic E-state index is -5.32.